The Morgan fingerprint density at radius 3 is 2.25 bits per heavy atom. The van der Waals surface area contributed by atoms with Gasteiger partial charge < -0.3 is 10.7 Å². The number of nitrogens with two attached hydrogens (primary N) is 1. The van der Waals surface area contributed by atoms with Gasteiger partial charge in [0, 0.05) is 5.69 Å². The van der Waals surface area contributed by atoms with Crippen molar-refractivity contribution in [3.63, 3.8) is 0 Å². The van der Waals surface area contributed by atoms with E-state index < -0.39 is 33.0 Å². The van der Waals surface area contributed by atoms with Gasteiger partial charge in [0.15, 0.2) is 0 Å². The molecule has 0 aliphatic heterocycles. The maximum absolute atomic E-state index is 13.6. The number of nitrogen functional groups attached to an aromatic ring is 1. The van der Waals surface area contributed by atoms with Crippen LogP contribution in [-0.2, 0) is 16.2 Å². The Kier molecular flexibility index (Phi) is 4.46. The molecule has 0 spiro atoms. The molecule has 0 aliphatic carbocycles. The summed E-state index contributed by atoms with van der Waals surface area (Å²) in [7, 11) is -3.99. The molecular formula is C16H13F3N4O4S. The first-order valence-electron chi connectivity index (χ1n) is 7.61. The molecule has 2 aromatic carbocycles. The van der Waals surface area contributed by atoms with Gasteiger partial charge in [-0.2, -0.15) is 17.8 Å². The van der Waals surface area contributed by atoms with Gasteiger partial charge in [-0.15, -0.1) is 0 Å². The highest BCUT2D eigenvalue weighted by Crippen LogP contribution is 2.38. The second-order valence-electron chi connectivity index (χ2n) is 6.00. The third-order valence-corrected chi connectivity index (χ3v) is 4.33. The average molecular weight is 414 g/mol. The zero-order valence-corrected chi connectivity index (χ0v) is 15.0. The number of nitrogens with one attached hydrogen (secondary N) is 2. The van der Waals surface area contributed by atoms with Crippen LogP contribution in [0.2, 0.25) is 0 Å². The summed E-state index contributed by atoms with van der Waals surface area (Å²) < 4.78 is 63.6. The molecule has 3 rings (SSSR count). The van der Waals surface area contributed by atoms with Crippen LogP contribution < -0.4 is 21.8 Å². The molecule has 0 fully saturated rings. The van der Waals surface area contributed by atoms with Crippen molar-refractivity contribution in [1.82, 2.24) is 9.66 Å². The largest absolute Gasteiger partial charge is 0.417 e. The van der Waals surface area contributed by atoms with Crippen LogP contribution in [0.5, 0.6) is 0 Å². The van der Waals surface area contributed by atoms with E-state index in [9.17, 15) is 31.2 Å². The van der Waals surface area contributed by atoms with Gasteiger partial charge in [-0.1, -0.05) is 12.1 Å². The minimum absolute atomic E-state index is 0.136. The number of alkyl halides is 3. The summed E-state index contributed by atoms with van der Waals surface area (Å²) in [6, 6.07) is 7.08. The number of anilines is 1. The lowest BCUT2D eigenvalue weighted by molar-refractivity contribution is -0.137. The van der Waals surface area contributed by atoms with Gasteiger partial charge in [0.1, 0.15) is 0 Å². The van der Waals surface area contributed by atoms with Crippen molar-refractivity contribution >= 4 is 26.6 Å². The SMILES string of the molecule is CS(=O)(=O)Nn1c(=O)[nH]c2cc(C(F)(F)F)c(-c3ccc(N)cc3)cc2c1=O. The van der Waals surface area contributed by atoms with Crippen molar-refractivity contribution < 1.29 is 21.6 Å². The first kappa shape index (κ1) is 19.5. The Morgan fingerprint density at radius 2 is 1.71 bits per heavy atom. The van der Waals surface area contributed by atoms with Crippen molar-refractivity contribution in [1.29, 1.82) is 0 Å². The van der Waals surface area contributed by atoms with Gasteiger partial charge in [0.05, 0.1) is 22.7 Å². The van der Waals surface area contributed by atoms with E-state index in [2.05, 4.69) is 4.98 Å². The number of hydrogen-bond donors (Lipinski definition) is 3. The minimum atomic E-state index is -4.78. The van der Waals surface area contributed by atoms with Crippen molar-refractivity contribution in [3.8, 4) is 11.1 Å². The average Bonchev–Trinajstić information content (AvgIpc) is 2.57. The summed E-state index contributed by atoms with van der Waals surface area (Å²) >= 11 is 0. The second kappa shape index (κ2) is 6.41. The number of H-pyrrole nitrogens is 1. The molecule has 148 valence electrons. The highest BCUT2D eigenvalue weighted by atomic mass is 32.2. The quantitative estimate of drug-likeness (QED) is 0.559. The third-order valence-electron chi connectivity index (χ3n) is 3.82. The summed E-state index contributed by atoms with van der Waals surface area (Å²) in [6.45, 7) is 0. The molecule has 0 bridgehead atoms. The van der Waals surface area contributed by atoms with Gasteiger partial charge in [-0.05, 0) is 35.4 Å². The molecule has 0 aliphatic rings. The Bertz CT molecular complexity index is 1290. The number of nitrogens with zero attached hydrogens (tertiary/aromatic N) is 1. The summed E-state index contributed by atoms with van der Waals surface area (Å²) in [5.74, 6) is 0. The molecule has 8 nitrogen and oxygen atoms in total. The summed E-state index contributed by atoms with van der Waals surface area (Å²) in [6.07, 6.45) is -4.06. The maximum Gasteiger partial charge on any atom is 0.417 e. The molecule has 0 saturated heterocycles. The maximum atomic E-state index is 13.6. The molecule has 0 saturated carbocycles. The van der Waals surface area contributed by atoms with Gasteiger partial charge in [0.2, 0.25) is 10.0 Å². The van der Waals surface area contributed by atoms with Crippen LogP contribution in [0.15, 0.2) is 46.0 Å². The second-order valence-corrected chi connectivity index (χ2v) is 7.72. The number of aromatic nitrogens is 2. The van der Waals surface area contributed by atoms with Crippen LogP contribution in [0, 0.1) is 0 Å². The monoisotopic (exact) mass is 414 g/mol. The fraction of sp³-hybridized carbons (Fsp3) is 0.125. The number of rotatable bonds is 3. The molecule has 0 amide bonds. The molecule has 4 N–H and O–H groups in total. The van der Waals surface area contributed by atoms with Crippen molar-refractivity contribution in [2.75, 3.05) is 16.8 Å². The Hall–Kier alpha value is -3.28. The fourth-order valence-electron chi connectivity index (χ4n) is 2.65. The number of sulfonamides is 1. The van der Waals surface area contributed by atoms with Gasteiger partial charge in [-0.25, -0.2) is 18.0 Å². The van der Waals surface area contributed by atoms with Crippen LogP contribution in [0.3, 0.4) is 0 Å². The van der Waals surface area contributed by atoms with E-state index in [1.165, 1.54) is 24.3 Å². The van der Waals surface area contributed by atoms with Crippen LogP contribution in [0.1, 0.15) is 5.56 Å². The van der Waals surface area contributed by atoms with Gasteiger partial charge in [-0.3, -0.25) is 4.79 Å². The van der Waals surface area contributed by atoms with Crippen molar-refractivity contribution in [2.45, 2.75) is 6.18 Å². The molecule has 0 atom stereocenters. The molecule has 1 aromatic heterocycles. The van der Waals surface area contributed by atoms with E-state index in [1.54, 1.807) is 4.83 Å². The number of aromatic amines is 1. The highest BCUT2D eigenvalue weighted by Gasteiger charge is 2.34. The molecule has 28 heavy (non-hydrogen) atoms. The first-order valence-corrected chi connectivity index (χ1v) is 9.50. The Morgan fingerprint density at radius 1 is 1.11 bits per heavy atom. The number of benzene rings is 2. The van der Waals surface area contributed by atoms with E-state index >= 15 is 0 Å². The van der Waals surface area contributed by atoms with Crippen LogP contribution >= 0.6 is 0 Å². The standard InChI is InChI=1S/C16H13F3N4O4S/c1-28(26,27)22-23-14(24)11-6-10(8-2-4-9(20)5-3-8)12(16(17,18)19)7-13(11)21-15(23)25/h2-7,22H,20H2,1H3,(H,21,25). The molecule has 0 radical (unpaired) electrons. The summed E-state index contributed by atoms with van der Waals surface area (Å²) in [5.41, 5.74) is 1.91. The Balaban J connectivity index is 2.40. The van der Waals surface area contributed by atoms with Crippen LogP contribution in [0.4, 0.5) is 18.9 Å². The van der Waals surface area contributed by atoms with Crippen molar-refractivity contribution in [2.24, 2.45) is 0 Å². The molecule has 1 heterocycles. The number of fused-ring (bicyclic) bond motifs is 1. The van der Waals surface area contributed by atoms with E-state index in [0.717, 1.165) is 12.3 Å². The predicted molar refractivity (Wildman–Crippen MR) is 97.9 cm³/mol. The van der Waals surface area contributed by atoms with E-state index in [0.29, 0.717) is 11.8 Å². The lowest BCUT2D eigenvalue weighted by Crippen LogP contribution is -2.43. The number of hydrogen-bond acceptors (Lipinski definition) is 5. The summed E-state index contributed by atoms with van der Waals surface area (Å²) in [4.78, 5) is 28.3. The van der Waals surface area contributed by atoms with E-state index in [4.69, 9.17) is 5.73 Å². The number of halogens is 3. The zero-order chi connectivity index (χ0) is 20.9. The predicted octanol–water partition coefficient (Wildman–Crippen LogP) is 1.46. The van der Waals surface area contributed by atoms with Crippen molar-refractivity contribution in [3.05, 3.63) is 62.8 Å². The third kappa shape index (κ3) is 3.71. The van der Waals surface area contributed by atoms with Crippen LogP contribution in [-0.4, -0.2) is 24.3 Å². The van der Waals surface area contributed by atoms with E-state index in [-0.39, 0.29) is 26.7 Å². The fourth-order valence-corrected chi connectivity index (χ4v) is 3.15. The zero-order valence-electron chi connectivity index (χ0n) is 14.2. The Labute approximate surface area is 155 Å². The first-order chi connectivity index (χ1) is 12.9. The smallest absolute Gasteiger partial charge is 0.399 e. The van der Waals surface area contributed by atoms with Crippen LogP contribution in [0.25, 0.3) is 22.0 Å². The lowest BCUT2D eigenvalue weighted by Gasteiger charge is -2.15. The highest BCUT2D eigenvalue weighted by molar-refractivity contribution is 7.91. The molecule has 3 aromatic rings. The van der Waals surface area contributed by atoms with Gasteiger partial charge >= 0.3 is 11.9 Å². The molecular weight excluding hydrogens is 401 g/mol. The normalized spacial score (nSPS) is 12.3. The molecule has 12 heteroatoms. The van der Waals surface area contributed by atoms with Gasteiger partial charge in [0.25, 0.3) is 5.56 Å². The lowest BCUT2D eigenvalue weighted by atomic mass is 9.97. The topological polar surface area (TPSA) is 127 Å². The van der Waals surface area contributed by atoms with E-state index in [1.807, 2.05) is 0 Å². The minimum Gasteiger partial charge on any atom is -0.399 e. The molecule has 0 unspecified atom stereocenters. The summed E-state index contributed by atoms with van der Waals surface area (Å²) in [5, 5.41) is -0.310.